The van der Waals surface area contributed by atoms with Crippen LogP contribution in [0.1, 0.15) is 52.0 Å². The van der Waals surface area contributed by atoms with Crippen LogP contribution in [0.3, 0.4) is 0 Å². The van der Waals surface area contributed by atoms with Gasteiger partial charge in [-0.05, 0) is 36.5 Å². The van der Waals surface area contributed by atoms with Crippen molar-refractivity contribution in [3.05, 3.63) is 23.9 Å². The second kappa shape index (κ2) is 7.07. The predicted octanol–water partition coefficient (Wildman–Crippen LogP) is 3.59. The summed E-state index contributed by atoms with van der Waals surface area (Å²) in [4.78, 5) is 6.95. The molecule has 0 saturated heterocycles. The van der Waals surface area contributed by atoms with Crippen LogP contribution in [0.5, 0.6) is 0 Å². The highest BCUT2D eigenvalue weighted by Gasteiger charge is 2.23. The summed E-state index contributed by atoms with van der Waals surface area (Å²) < 4.78 is 0. The van der Waals surface area contributed by atoms with Crippen molar-refractivity contribution in [2.45, 2.75) is 65.1 Å². The van der Waals surface area contributed by atoms with Crippen molar-refractivity contribution >= 4 is 5.82 Å². The van der Waals surface area contributed by atoms with Gasteiger partial charge >= 0.3 is 0 Å². The van der Waals surface area contributed by atoms with Crippen LogP contribution in [0, 0.1) is 5.92 Å². The normalized spacial score (nSPS) is 23.1. The Balaban J connectivity index is 2.01. The Morgan fingerprint density at radius 3 is 2.90 bits per heavy atom. The predicted molar refractivity (Wildman–Crippen MR) is 86.0 cm³/mol. The van der Waals surface area contributed by atoms with Crippen molar-refractivity contribution in [2.24, 2.45) is 5.92 Å². The summed E-state index contributed by atoms with van der Waals surface area (Å²) in [5, 5.41) is 3.47. The van der Waals surface area contributed by atoms with E-state index in [0.29, 0.717) is 12.1 Å². The summed E-state index contributed by atoms with van der Waals surface area (Å²) in [6, 6.07) is 5.51. The molecule has 2 atom stereocenters. The van der Waals surface area contributed by atoms with E-state index in [4.69, 9.17) is 0 Å². The van der Waals surface area contributed by atoms with Gasteiger partial charge in [0.05, 0.1) is 0 Å². The van der Waals surface area contributed by atoms with Gasteiger partial charge in [-0.2, -0.15) is 0 Å². The molecule has 3 heteroatoms. The van der Waals surface area contributed by atoms with E-state index in [0.717, 1.165) is 18.3 Å². The fourth-order valence-electron chi connectivity index (χ4n) is 3.03. The Morgan fingerprint density at radius 1 is 1.40 bits per heavy atom. The standard InChI is InChI=1S/C17H29N3/c1-13(2)19-12-15-8-9-18-17(11-15)20(4)16-7-5-6-14(3)10-16/h8-9,11,13-14,16,19H,5-7,10,12H2,1-4H3. The molecule has 1 heterocycles. The number of hydrogen-bond acceptors (Lipinski definition) is 3. The summed E-state index contributed by atoms with van der Waals surface area (Å²) in [6.45, 7) is 7.65. The topological polar surface area (TPSA) is 28.2 Å². The van der Waals surface area contributed by atoms with Crippen molar-refractivity contribution in [2.75, 3.05) is 11.9 Å². The van der Waals surface area contributed by atoms with Crippen molar-refractivity contribution in [1.29, 1.82) is 0 Å². The fraction of sp³-hybridized carbons (Fsp3) is 0.706. The maximum atomic E-state index is 4.56. The lowest BCUT2D eigenvalue weighted by Crippen LogP contribution is -2.36. The van der Waals surface area contributed by atoms with Crippen LogP contribution in [-0.4, -0.2) is 24.1 Å². The SMILES string of the molecule is CC1CCCC(N(C)c2cc(CNC(C)C)ccn2)C1. The summed E-state index contributed by atoms with van der Waals surface area (Å²) in [5.41, 5.74) is 1.32. The number of nitrogens with zero attached hydrogens (tertiary/aromatic N) is 2. The van der Waals surface area contributed by atoms with Crippen LogP contribution >= 0.6 is 0 Å². The molecule has 2 rings (SSSR count). The number of nitrogens with one attached hydrogen (secondary N) is 1. The number of hydrogen-bond donors (Lipinski definition) is 1. The molecule has 1 aromatic rings. The molecule has 0 aromatic carbocycles. The molecule has 1 saturated carbocycles. The highest BCUT2D eigenvalue weighted by molar-refractivity contribution is 5.41. The minimum absolute atomic E-state index is 0.517. The van der Waals surface area contributed by atoms with Crippen LogP contribution in [0.15, 0.2) is 18.3 Å². The fourth-order valence-corrected chi connectivity index (χ4v) is 3.03. The van der Waals surface area contributed by atoms with Gasteiger partial charge in [-0.25, -0.2) is 4.98 Å². The minimum Gasteiger partial charge on any atom is -0.357 e. The molecule has 112 valence electrons. The Hall–Kier alpha value is -1.09. The number of anilines is 1. The van der Waals surface area contributed by atoms with E-state index >= 15 is 0 Å². The highest BCUT2D eigenvalue weighted by Crippen LogP contribution is 2.28. The van der Waals surface area contributed by atoms with E-state index < -0.39 is 0 Å². The van der Waals surface area contributed by atoms with E-state index in [1.165, 1.54) is 31.2 Å². The van der Waals surface area contributed by atoms with Crippen LogP contribution in [0.4, 0.5) is 5.82 Å². The Kier molecular flexibility index (Phi) is 5.41. The average molecular weight is 275 g/mol. The zero-order chi connectivity index (χ0) is 14.5. The Bertz CT molecular complexity index is 416. The zero-order valence-electron chi connectivity index (χ0n) is 13.4. The molecule has 1 N–H and O–H groups in total. The Labute approximate surface area is 123 Å². The van der Waals surface area contributed by atoms with Gasteiger partial charge in [0, 0.05) is 31.9 Å². The molecule has 1 aliphatic rings. The molecule has 0 aliphatic heterocycles. The van der Waals surface area contributed by atoms with E-state index in [2.05, 4.69) is 55.2 Å². The second-order valence-corrected chi connectivity index (χ2v) is 6.59. The van der Waals surface area contributed by atoms with Crippen LogP contribution in [0.25, 0.3) is 0 Å². The summed E-state index contributed by atoms with van der Waals surface area (Å²) in [7, 11) is 2.20. The third-order valence-corrected chi connectivity index (χ3v) is 4.34. The van der Waals surface area contributed by atoms with E-state index in [-0.39, 0.29) is 0 Å². The van der Waals surface area contributed by atoms with E-state index in [9.17, 15) is 0 Å². The van der Waals surface area contributed by atoms with Gasteiger partial charge in [0.1, 0.15) is 5.82 Å². The lowest BCUT2D eigenvalue weighted by atomic mass is 9.86. The van der Waals surface area contributed by atoms with Gasteiger partial charge in [0.15, 0.2) is 0 Å². The first kappa shape index (κ1) is 15.3. The molecule has 20 heavy (non-hydrogen) atoms. The maximum absolute atomic E-state index is 4.56. The average Bonchev–Trinajstić information content (AvgIpc) is 2.44. The van der Waals surface area contributed by atoms with Gasteiger partial charge in [-0.15, -0.1) is 0 Å². The van der Waals surface area contributed by atoms with Crippen molar-refractivity contribution in [3.63, 3.8) is 0 Å². The molecule has 0 spiro atoms. The van der Waals surface area contributed by atoms with Crippen molar-refractivity contribution in [1.82, 2.24) is 10.3 Å². The maximum Gasteiger partial charge on any atom is 0.128 e. The lowest BCUT2D eigenvalue weighted by Gasteiger charge is -2.35. The van der Waals surface area contributed by atoms with Gasteiger partial charge in [0.25, 0.3) is 0 Å². The molecule has 1 aromatic heterocycles. The first-order valence-electron chi connectivity index (χ1n) is 7.97. The summed E-state index contributed by atoms with van der Waals surface area (Å²) in [6.07, 6.45) is 7.28. The molecule has 0 bridgehead atoms. The monoisotopic (exact) mass is 275 g/mol. The molecular weight excluding hydrogens is 246 g/mol. The third-order valence-electron chi connectivity index (χ3n) is 4.34. The van der Waals surface area contributed by atoms with Crippen LogP contribution in [0.2, 0.25) is 0 Å². The van der Waals surface area contributed by atoms with Gasteiger partial charge < -0.3 is 10.2 Å². The number of rotatable bonds is 5. The summed E-state index contributed by atoms with van der Waals surface area (Å²) in [5.74, 6) is 1.97. The van der Waals surface area contributed by atoms with Gasteiger partial charge in [-0.1, -0.05) is 33.6 Å². The molecule has 2 unspecified atom stereocenters. The highest BCUT2D eigenvalue weighted by atomic mass is 15.2. The van der Waals surface area contributed by atoms with Crippen molar-refractivity contribution < 1.29 is 0 Å². The Morgan fingerprint density at radius 2 is 2.20 bits per heavy atom. The first-order valence-corrected chi connectivity index (χ1v) is 7.97. The third kappa shape index (κ3) is 4.20. The smallest absolute Gasteiger partial charge is 0.128 e. The number of pyridine rings is 1. The van der Waals surface area contributed by atoms with E-state index in [1.54, 1.807) is 0 Å². The first-order chi connectivity index (χ1) is 9.56. The zero-order valence-corrected chi connectivity index (χ0v) is 13.4. The van der Waals surface area contributed by atoms with E-state index in [1.807, 2.05) is 6.20 Å². The molecular formula is C17H29N3. The molecule has 3 nitrogen and oxygen atoms in total. The van der Waals surface area contributed by atoms with Crippen LogP contribution < -0.4 is 10.2 Å². The van der Waals surface area contributed by atoms with Crippen LogP contribution in [-0.2, 0) is 6.54 Å². The minimum atomic E-state index is 0.517. The molecule has 0 radical (unpaired) electrons. The van der Waals surface area contributed by atoms with Gasteiger partial charge in [-0.3, -0.25) is 0 Å². The second-order valence-electron chi connectivity index (χ2n) is 6.59. The van der Waals surface area contributed by atoms with Gasteiger partial charge in [0.2, 0.25) is 0 Å². The quantitative estimate of drug-likeness (QED) is 0.890. The summed E-state index contributed by atoms with van der Waals surface area (Å²) >= 11 is 0. The lowest BCUT2D eigenvalue weighted by molar-refractivity contribution is 0.335. The number of aromatic nitrogens is 1. The van der Waals surface area contributed by atoms with Crippen molar-refractivity contribution in [3.8, 4) is 0 Å². The molecule has 1 aliphatic carbocycles. The molecule has 1 fully saturated rings. The largest absolute Gasteiger partial charge is 0.357 e. The molecule has 0 amide bonds.